The van der Waals surface area contributed by atoms with Gasteiger partial charge in [-0.25, -0.2) is 0 Å². The molecular formula is C11H15F. The van der Waals surface area contributed by atoms with Crippen molar-refractivity contribution < 1.29 is 4.39 Å². The van der Waals surface area contributed by atoms with Crippen molar-refractivity contribution in [2.45, 2.75) is 25.7 Å². The van der Waals surface area contributed by atoms with Crippen molar-refractivity contribution >= 4 is 0 Å². The quantitative estimate of drug-likeness (QED) is 0.603. The molecule has 2 aliphatic rings. The van der Waals surface area contributed by atoms with Gasteiger partial charge in [-0.05, 0) is 37.0 Å². The molecule has 2 aliphatic carbocycles. The average molecular weight is 166 g/mol. The summed E-state index contributed by atoms with van der Waals surface area (Å²) in [5.41, 5.74) is 0.0974. The largest absolute Gasteiger partial charge is 0.250 e. The molecule has 0 nitrogen and oxygen atoms in total. The Hall–Kier alpha value is -0.590. The van der Waals surface area contributed by atoms with Crippen LogP contribution in [0.2, 0.25) is 0 Å². The molecule has 0 aromatic carbocycles. The van der Waals surface area contributed by atoms with Crippen LogP contribution >= 0.6 is 0 Å². The van der Waals surface area contributed by atoms with Gasteiger partial charge in [0, 0.05) is 0 Å². The second-order valence-corrected chi connectivity index (χ2v) is 4.15. The first-order valence-corrected chi connectivity index (χ1v) is 4.74. The predicted octanol–water partition coefficient (Wildman–Crippen LogP) is 3.26. The maximum atomic E-state index is 12.5. The molecule has 1 unspecified atom stereocenters. The smallest absolute Gasteiger partial charge is 0.0950 e. The lowest BCUT2D eigenvalue weighted by Gasteiger charge is -2.18. The van der Waals surface area contributed by atoms with Crippen LogP contribution in [0.15, 0.2) is 24.3 Å². The summed E-state index contributed by atoms with van der Waals surface area (Å²) in [5, 5.41) is 0. The minimum Gasteiger partial charge on any atom is -0.250 e. The topological polar surface area (TPSA) is 0 Å². The molecule has 0 aromatic rings. The summed E-state index contributed by atoms with van der Waals surface area (Å²) in [7, 11) is 0. The second-order valence-electron chi connectivity index (χ2n) is 4.15. The van der Waals surface area contributed by atoms with Crippen LogP contribution in [0.3, 0.4) is 0 Å². The van der Waals surface area contributed by atoms with Crippen LogP contribution in [0.5, 0.6) is 0 Å². The van der Waals surface area contributed by atoms with Gasteiger partial charge >= 0.3 is 0 Å². The Kier molecular flexibility index (Phi) is 2.03. The molecule has 0 amide bonds. The van der Waals surface area contributed by atoms with Crippen LogP contribution in [0.4, 0.5) is 4.39 Å². The number of hydrogen-bond donors (Lipinski definition) is 0. The summed E-state index contributed by atoms with van der Waals surface area (Å²) in [6, 6.07) is 0. The molecule has 12 heavy (non-hydrogen) atoms. The van der Waals surface area contributed by atoms with Gasteiger partial charge in [0.15, 0.2) is 0 Å². The zero-order chi connectivity index (χ0) is 8.44. The van der Waals surface area contributed by atoms with Gasteiger partial charge in [-0.2, -0.15) is 0 Å². The van der Waals surface area contributed by atoms with E-state index in [2.05, 4.69) is 24.3 Å². The molecule has 0 radical (unpaired) electrons. The van der Waals surface area contributed by atoms with Crippen LogP contribution in [0.1, 0.15) is 25.7 Å². The Labute approximate surface area is 73.2 Å². The van der Waals surface area contributed by atoms with Gasteiger partial charge in [-0.1, -0.05) is 24.3 Å². The van der Waals surface area contributed by atoms with Crippen molar-refractivity contribution in [3.05, 3.63) is 24.3 Å². The molecule has 1 fully saturated rings. The number of hydrogen-bond acceptors (Lipinski definition) is 0. The van der Waals surface area contributed by atoms with Crippen molar-refractivity contribution in [2.75, 3.05) is 6.67 Å². The standard InChI is InChI=1S/C11H15F/c12-9-11(6-7-11)8-10-4-2-1-3-5-10/h1-4,10H,5-9H2. The van der Waals surface area contributed by atoms with Crippen molar-refractivity contribution in [1.82, 2.24) is 0 Å². The van der Waals surface area contributed by atoms with Crippen LogP contribution in [0, 0.1) is 11.3 Å². The highest BCUT2D eigenvalue weighted by Crippen LogP contribution is 2.51. The summed E-state index contributed by atoms with van der Waals surface area (Å²) < 4.78 is 12.5. The average Bonchev–Trinajstić information content (AvgIpc) is 2.88. The summed E-state index contributed by atoms with van der Waals surface area (Å²) >= 11 is 0. The lowest BCUT2D eigenvalue weighted by molar-refractivity contribution is 0.295. The first-order chi connectivity index (χ1) is 5.85. The predicted molar refractivity (Wildman–Crippen MR) is 48.6 cm³/mol. The highest BCUT2D eigenvalue weighted by Gasteiger charge is 2.43. The Balaban J connectivity index is 1.87. The van der Waals surface area contributed by atoms with Crippen LogP contribution in [-0.2, 0) is 0 Å². The maximum Gasteiger partial charge on any atom is 0.0950 e. The lowest BCUT2D eigenvalue weighted by atomic mass is 9.88. The third-order valence-corrected chi connectivity index (χ3v) is 3.01. The number of allylic oxidation sites excluding steroid dienone is 4. The van der Waals surface area contributed by atoms with Crippen LogP contribution in [-0.4, -0.2) is 6.67 Å². The van der Waals surface area contributed by atoms with E-state index in [1.54, 1.807) is 0 Å². The van der Waals surface area contributed by atoms with Gasteiger partial charge in [-0.15, -0.1) is 0 Å². The Morgan fingerprint density at radius 3 is 2.67 bits per heavy atom. The summed E-state index contributed by atoms with van der Waals surface area (Å²) in [6.45, 7) is -0.110. The number of alkyl halides is 1. The monoisotopic (exact) mass is 166 g/mol. The van der Waals surface area contributed by atoms with Crippen molar-refractivity contribution in [1.29, 1.82) is 0 Å². The normalized spacial score (nSPS) is 30.6. The van der Waals surface area contributed by atoms with Crippen LogP contribution in [0.25, 0.3) is 0 Å². The van der Waals surface area contributed by atoms with E-state index in [9.17, 15) is 4.39 Å². The molecule has 1 heteroatoms. The minimum absolute atomic E-state index is 0.0974. The fraction of sp³-hybridized carbons (Fsp3) is 0.636. The molecule has 0 aliphatic heterocycles. The summed E-state index contributed by atoms with van der Waals surface area (Å²) in [5.74, 6) is 0.605. The third kappa shape index (κ3) is 1.60. The SMILES string of the molecule is FCC1(CC2C=CC=CC2)CC1. The van der Waals surface area contributed by atoms with E-state index in [-0.39, 0.29) is 12.1 Å². The molecule has 2 rings (SSSR count). The molecule has 66 valence electrons. The van der Waals surface area contributed by atoms with E-state index in [1.165, 1.54) is 0 Å². The van der Waals surface area contributed by atoms with E-state index in [0.717, 1.165) is 25.7 Å². The molecule has 0 N–H and O–H groups in total. The zero-order valence-electron chi connectivity index (χ0n) is 7.30. The van der Waals surface area contributed by atoms with E-state index < -0.39 is 0 Å². The highest BCUT2D eigenvalue weighted by molar-refractivity contribution is 5.12. The molecular weight excluding hydrogens is 151 g/mol. The first kappa shape index (κ1) is 8.03. The fourth-order valence-electron chi connectivity index (χ4n) is 1.91. The van der Waals surface area contributed by atoms with Gasteiger partial charge < -0.3 is 0 Å². The van der Waals surface area contributed by atoms with E-state index in [0.29, 0.717) is 5.92 Å². The van der Waals surface area contributed by atoms with E-state index in [1.807, 2.05) is 0 Å². The lowest BCUT2D eigenvalue weighted by Crippen LogP contribution is -2.10. The van der Waals surface area contributed by atoms with Crippen molar-refractivity contribution in [3.63, 3.8) is 0 Å². The zero-order valence-corrected chi connectivity index (χ0v) is 7.30. The summed E-state index contributed by atoms with van der Waals surface area (Å²) in [6.07, 6.45) is 12.9. The molecule has 0 bridgehead atoms. The Morgan fingerprint density at radius 2 is 2.17 bits per heavy atom. The number of rotatable bonds is 3. The fourth-order valence-corrected chi connectivity index (χ4v) is 1.91. The second kappa shape index (κ2) is 3.04. The maximum absolute atomic E-state index is 12.5. The van der Waals surface area contributed by atoms with Gasteiger partial charge in [-0.3, -0.25) is 4.39 Å². The van der Waals surface area contributed by atoms with Gasteiger partial charge in [0.05, 0.1) is 6.67 Å². The highest BCUT2D eigenvalue weighted by atomic mass is 19.1. The van der Waals surface area contributed by atoms with Crippen molar-refractivity contribution in [3.8, 4) is 0 Å². The Morgan fingerprint density at radius 1 is 1.33 bits per heavy atom. The van der Waals surface area contributed by atoms with Gasteiger partial charge in [0.2, 0.25) is 0 Å². The molecule has 0 saturated heterocycles. The molecule has 0 aromatic heterocycles. The van der Waals surface area contributed by atoms with E-state index >= 15 is 0 Å². The molecule has 1 atom stereocenters. The van der Waals surface area contributed by atoms with Crippen molar-refractivity contribution in [2.24, 2.45) is 11.3 Å². The van der Waals surface area contributed by atoms with Gasteiger partial charge in [0.1, 0.15) is 0 Å². The molecule has 0 heterocycles. The molecule has 0 spiro atoms. The molecule has 1 saturated carbocycles. The van der Waals surface area contributed by atoms with Crippen LogP contribution < -0.4 is 0 Å². The minimum atomic E-state index is -0.110. The Bertz CT molecular complexity index is 211. The first-order valence-electron chi connectivity index (χ1n) is 4.74. The van der Waals surface area contributed by atoms with E-state index in [4.69, 9.17) is 0 Å². The third-order valence-electron chi connectivity index (χ3n) is 3.01. The number of halogens is 1. The van der Waals surface area contributed by atoms with Gasteiger partial charge in [0.25, 0.3) is 0 Å². The summed E-state index contributed by atoms with van der Waals surface area (Å²) in [4.78, 5) is 0.